The molecule has 23 heavy (non-hydrogen) atoms. The normalized spacial score (nSPS) is 17.5. The molecule has 1 amide bonds. The Labute approximate surface area is 135 Å². The molecule has 3 heterocycles. The Morgan fingerprint density at radius 3 is 2.96 bits per heavy atom. The van der Waals surface area contributed by atoms with Crippen LogP contribution in [0.5, 0.6) is 0 Å². The number of hydrogen-bond donors (Lipinski definition) is 0. The van der Waals surface area contributed by atoms with Crippen LogP contribution in [0.15, 0.2) is 39.8 Å². The van der Waals surface area contributed by atoms with Crippen molar-refractivity contribution in [3.63, 3.8) is 0 Å². The molecule has 120 valence electrons. The van der Waals surface area contributed by atoms with E-state index < -0.39 is 5.63 Å². The SMILES string of the molecule is Cc1cc(=O)oc(C)c1C(=O)N1CCC(Cc2cccnc2)C1. The molecule has 1 unspecified atom stereocenters. The molecule has 0 spiro atoms. The molecule has 0 radical (unpaired) electrons. The van der Waals surface area contributed by atoms with Crippen molar-refractivity contribution in [2.45, 2.75) is 26.7 Å². The van der Waals surface area contributed by atoms with Gasteiger partial charge < -0.3 is 9.32 Å². The van der Waals surface area contributed by atoms with Gasteiger partial charge in [0.05, 0.1) is 5.56 Å². The molecule has 1 aliphatic rings. The third-order valence-corrected chi connectivity index (χ3v) is 4.37. The summed E-state index contributed by atoms with van der Waals surface area (Å²) in [6.45, 7) is 4.92. The quantitative estimate of drug-likeness (QED) is 0.873. The van der Waals surface area contributed by atoms with Crippen LogP contribution >= 0.6 is 0 Å². The maximum Gasteiger partial charge on any atom is 0.336 e. The number of pyridine rings is 1. The molecule has 0 N–H and O–H groups in total. The van der Waals surface area contributed by atoms with Crippen LogP contribution in [0.1, 0.15) is 33.7 Å². The number of amides is 1. The van der Waals surface area contributed by atoms with Gasteiger partial charge in [-0.2, -0.15) is 0 Å². The van der Waals surface area contributed by atoms with E-state index in [9.17, 15) is 9.59 Å². The second-order valence-corrected chi connectivity index (χ2v) is 6.15. The van der Waals surface area contributed by atoms with E-state index in [1.54, 1.807) is 20.0 Å². The summed E-state index contributed by atoms with van der Waals surface area (Å²) in [6, 6.07) is 5.38. The van der Waals surface area contributed by atoms with Crippen molar-refractivity contribution in [1.82, 2.24) is 9.88 Å². The van der Waals surface area contributed by atoms with Gasteiger partial charge in [0, 0.05) is 31.5 Å². The number of nitrogens with zero attached hydrogens (tertiary/aromatic N) is 2. The van der Waals surface area contributed by atoms with Gasteiger partial charge in [0.2, 0.25) is 0 Å². The molecule has 3 rings (SSSR count). The second-order valence-electron chi connectivity index (χ2n) is 6.15. The highest BCUT2D eigenvalue weighted by Gasteiger charge is 2.29. The minimum absolute atomic E-state index is 0.0440. The fraction of sp³-hybridized carbons (Fsp3) is 0.389. The number of rotatable bonds is 3. The van der Waals surface area contributed by atoms with Gasteiger partial charge in [-0.3, -0.25) is 9.78 Å². The molecule has 0 bridgehead atoms. The van der Waals surface area contributed by atoms with E-state index in [0.29, 0.717) is 22.8 Å². The van der Waals surface area contributed by atoms with Crippen molar-refractivity contribution in [2.75, 3.05) is 13.1 Å². The number of aryl methyl sites for hydroxylation is 2. The van der Waals surface area contributed by atoms with Gasteiger partial charge in [0.25, 0.3) is 5.91 Å². The summed E-state index contributed by atoms with van der Waals surface area (Å²) in [5.41, 5.74) is 1.99. The first-order valence-corrected chi connectivity index (χ1v) is 7.84. The topological polar surface area (TPSA) is 63.4 Å². The Balaban J connectivity index is 1.72. The van der Waals surface area contributed by atoms with Crippen LogP contribution in [0, 0.1) is 19.8 Å². The van der Waals surface area contributed by atoms with E-state index in [-0.39, 0.29) is 5.91 Å². The van der Waals surface area contributed by atoms with Gasteiger partial charge in [-0.25, -0.2) is 4.79 Å². The molecule has 5 heteroatoms. The molecule has 0 aliphatic carbocycles. The minimum Gasteiger partial charge on any atom is -0.427 e. The molecule has 5 nitrogen and oxygen atoms in total. The summed E-state index contributed by atoms with van der Waals surface area (Å²) in [5.74, 6) is 0.799. The first-order valence-electron chi connectivity index (χ1n) is 7.84. The zero-order valence-electron chi connectivity index (χ0n) is 13.4. The Morgan fingerprint density at radius 2 is 2.26 bits per heavy atom. The maximum absolute atomic E-state index is 12.7. The lowest BCUT2D eigenvalue weighted by Crippen LogP contribution is -2.30. The Bertz CT molecular complexity index is 741. The van der Waals surface area contributed by atoms with E-state index in [0.717, 1.165) is 25.9 Å². The Kier molecular flexibility index (Phi) is 4.28. The zero-order chi connectivity index (χ0) is 16.4. The van der Waals surface area contributed by atoms with Gasteiger partial charge >= 0.3 is 5.63 Å². The van der Waals surface area contributed by atoms with Crippen LogP contribution in [0.3, 0.4) is 0 Å². The first kappa shape index (κ1) is 15.5. The van der Waals surface area contributed by atoms with E-state index in [2.05, 4.69) is 11.1 Å². The average molecular weight is 312 g/mol. The largest absolute Gasteiger partial charge is 0.427 e. The van der Waals surface area contributed by atoms with Gasteiger partial charge in [0.15, 0.2) is 0 Å². The van der Waals surface area contributed by atoms with E-state index in [4.69, 9.17) is 4.42 Å². The predicted molar refractivity (Wildman–Crippen MR) is 86.4 cm³/mol. The number of hydrogen-bond acceptors (Lipinski definition) is 4. The first-order chi connectivity index (χ1) is 11.0. The van der Waals surface area contributed by atoms with Crippen molar-refractivity contribution < 1.29 is 9.21 Å². The van der Waals surface area contributed by atoms with Gasteiger partial charge in [0.1, 0.15) is 5.76 Å². The molecule has 2 aromatic rings. The predicted octanol–water partition coefficient (Wildman–Crippen LogP) is 2.36. The summed E-state index contributed by atoms with van der Waals surface area (Å²) in [5, 5.41) is 0. The fourth-order valence-electron chi connectivity index (χ4n) is 3.27. The molecule has 1 saturated heterocycles. The zero-order valence-corrected chi connectivity index (χ0v) is 13.4. The summed E-state index contributed by atoms with van der Waals surface area (Å²) in [6.07, 6.45) is 5.56. The van der Waals surface area contributed by atoms with Crippen LogP contribution in [0.2, 0.25) is 0 Å². The molecule has 2 aromatic heterocycles. The standard InChI is InChI=1S/C18H20N2O3/c1-12-8-16(21)23-13(2)17(12)18(22)20-7-5-15(11-20)9-14-4-3-6-19-10-14/h3-4,6,8,10,15H,5,7,9,11H2,1-2H3. The highest BCUT2D eigenvalue weighted by molar-refractivity contribution is 5.96. The lowest BCUT2D eigenvalue weighted by molar-refractivity contribution is 0.0782. The Morgan fingerprint density at radius 1 is 1.43 bits per heavy atom. The van der Waals surface area contributed by atoms with Gasteiger partial charge in [-0.1, -0.05) is 6.07 Å². The summed E-state index contributed by atoms with van der Waals surface area (Å²) in [7, 11) is 0. The molecule has 0 aromatic carbocycles. The maximum atomic E-state index is 12.7. The van der Waals surface area contributed by atoms with Crippen molar-refractivity contribution in [3.8, 4) is 0 Å². The van der Waals surface area contributed by atoms with Crippen LogP contribution < -0.4 is 5.63 Å². The second kappa shape index (κ2) is 6.36. The van der Waals surface area contributed by atoms with Crippen molar-refractivity contribution in [1.29, 1.82) is 0 Å². The molecular formula is C18H20N2O3. The van der Waals surface area contributed by atoms with Crippen molar-refractivity contribution in [3.05, 3.63) is 63.5 Å². The summed E-state index contributed by atoms with van der Waals surface area (Å²) < 4.78 is 5.08. The van der Waals surface area contributed by atoms with Gasteiger partial charge in [-0.05, 0) is 49.8 Å². The Hall–Kier alpha value is -2.43. The molecule has 1 fully saturated rings. The number of carbonyl (C=O) groups is 1. The van der Waals surface area contributed by atoms with E-state index >= 15 is 0 Å². The van der Waals surface area contributed by atoms with Crippen LogP contribution in [0.4, 0.5) is 0 Å². The van der Waals surface area contributed by atoms with E-state index in [1.165, 1.54) is 11.6 Å². The highest BCUT2D eigenvalue weighted by Crippen LogP contribution is 2.24. The molecule has 1 atom stereocenters. The lowest BCUT2D eigenvalue weighted by atomic mass is 10.00. The van der Waals surface area contributed by atoms with Crippen LogP contribution in [-0.4, -0.2) is 28.9 Å². The molecular weight excluding hydrogens is 292 g/mol. The van der Waals surface area contributed by atoms with Gasteiger partial charge in [-0.15, -0.1) is 0 Å². The van der Waals surface area contributed by atoms with Crippen molar-refractivity contribution in [2.24, 2.45) is 5.92 Å². The minimum atomic E-state index is -0.410. The molecule has 0 saturated carbocycles. The third-order valence-electron chi connectivity index (χ3n) is 4.37. The number of carbonyl (C=O) groups excluding carboxylic acids is 1. The number of likely N-dealkylation sites (tertiary alicyclic amines) is 1. The lowest BCUT2D eigenvalue weighted by Gasteiger charge is -2.18. The number of aromatic nitrogens is 1. The van der Waals surface area contributed by atoms with Crippen molar-refractivity contribution >= 4 is 5.91 Å². The van der Waals surface area contributed by atoms with Crippen LogP contribution in [0.25, 0.3) is 0 Å². The smallest absolute Gasteiger partial charge is 0.336 e. The fourth-order valence-corrected chi connectivity index (χ4v) is 3.27. The van der Waals surface area contributed by atoms with E-state index in [1.807, 2.05) is 17.2 Å². The monoisotopic (exact) mass is 312 g/mol. The summed E-state index contributed by atoms with van der Waals surface area (Å²) >= 11 is 0. The summed E-state index contributed by atoms with van der Waals surface area (Å²) in [4.78, 5) is 30.1. The molecule has 1 aliphatic heterocycles. The average Bonchev–Trinajstić information content (AvgIpc) is 2.95. The highest BCUT2D eigenvalue weighted by atomic mass is 16.4. The van der Waals surface area contributed by atoms with Crippen LogP contribution in [-0.2, 0) is 6.42 Å². The third kappa shape index (κ3) is 3.33.